The van der Waals surface area contributed by atoms with Crippen molar-refractivity contribution in [1.82, 2.24) is 15.3 Å². The van der Waals surface area contributed by atoms with E-state index in [-0.39, 0.29) is 23.0 Å². The van der Waals surface area contributed by atoms with Crippen molar-refractivity contribution in [2.45, 2.75) is 50.7 Å². The molecule has 1 saturated carbocycles. The molecule has 2 rings (SSSR count). The topological polar surface area (TPSA) is 59.1 Å². The fourth-order valence-corrected chi connectivity index (χ4v) is 2.74. The van der Waals surface area contributed by atoms with Crippen LogP contribution in [0, 0.1) is 0 Å². The lowest BCUT2D eigenvalue weighted by molar-refractivity contribution is -0.141. The first-order valence-corrected chi connectivity index (χ1v) is 7.87. The van der Waals surface area contributed by atoms with Crippen molar-refractivity contribution in [2.75, 3.05) is 12.4 Å². The molecule has 0 aliphatic heterocycles. The minimum atomic E-state index is -4.58. The van der Waals surface area contributed by atoms with E-state index in [1.165, 1.54) is 20.0 Å². The normalized spacial score (nSPS) is 16.5. The quantitative estimate of drug-likeness (QED) is 0.644. The molecule has 5 nitrogen and oxygen atoms in total. The van der Waals surface area contributed by atoms with Crippen LogP contribution in [0.4, 0.5) is 19.1 Å². The van der Waals surface area contributed by atoms with Gasteiger partial charge in [-0.25, -0.2) is 4.98 Å². The van der Waals surface area contributed by atoms with Crippen molar-refractivity contribution in [3.8, 4) is 5.88 Å². The Balaban J connectivity index is 2.04. The van der Waals surface area contributed by atoms with Crippen LogP contribution < -0.4 is 15.4 Å². The Labute approximate surface area is 138 Å². The number of rotatable bonds is 3. The Morgan fingerprint density at radius 2 is 1.87 bits per heavy atom. The summed E-state index contributed by atoms with van der Waals surface area (Å²) in [6.45, 7) is 0. The van der Waals surface area contributed by atoms with Crippen molar-refractivity contribution in [1.29, 1.82) is 0 Å². The molecule has 0 radical (unpaired) electrons. The number of methoxy groups -OCH3 is 1. The molecule has 1 aromatic rings. The monoisotopic (exact) mass is 348 g/mol. The van der Waals surface area contributed by atoms with Gasteiger partial charge in [-0.3, -0.25) is 0 Å². The minimum absolute atomic E-state index is 0.174. The molecule has 0 amide bonds. The van der Waals surface area contributed by atoms with E-state index in [4.69, 9.17) is 17.0 Å². The van der Waals surface area contributed by atoms with E-state index in [0.717, 1.165) is 31.7 Å². The molecule has 23 heavy (non-hydrogen) atoms. The van der Waals surface area contributed by atoms with E-state index >= 15 is 0 Å². The van der Waals surface area contributed by atoms with Crippen molar-refractivity contribution in [3.05, 3.63) is 11.8 Å². The summed E-state index contributed by atoms with van der Waals surface area (Å²) in [6.07, 6.45) is 2.05. The van der Waals surface area contributed by atoms with Crippen molar-refractivity contribution in [3.63, 3.8) is 0 Å². The van der Waals surface area contributed by atoms with Crippen LogP contribution in [-0.4, -0.2) is 28.2 Å². The van der Waals surface area contributed by atoms with Gasteiger partial charge in [-0.2, -0.15) is 18.2 Å². The lowest BCUT2D eigenvalue weighted by atomic mass is 10.1. The first kappa shape index (κ1) is 17.7. The summed E-state index contributed by atoms with van der Waals surface area (Å²) in [6, 6.07) is 0.970. The molecule has 9 heteroatoms. The Morgan fingerprint density at radius 1 is 1.22 bits per heavy atom. The third-order valence-electron chi connectivity index (χ3n) is 3.62. The molecule has 1 fully saturated rings. The van der Waals surface area contributed by atoms with Gasteiger partial charge in [-0.05, 0) is 25.1 Å². The summed E-state index contributed by atoms with van der Waals surface area (Å²) in [7, 11) is 1.24. The van der Waals surface area contributed by atoms with Gasteiger partial charge in [0.1, 0.15) is 0 Å². The Bertz CT molecular complexity index is 545. The highest BCUT2D eigenvalue weighted by Gasteiger charge is 2.34. The molecule has 128 valence electrons. The maximum absolute atomic E-state index is 12.8. The summed E-state index contributed by atoms with van der Waals surface area (Å²) >= 11 is 5.15. The maximum atomic E-state index is 12.8. The van der Waals surface area contributed by atoms with Crippen molar-refractivity contribution >= 4 is 23.3 Å². The third-order valence-corrected chi connectivity index (χ3v) is 3.84. The van der Waals surface area contributed by atoms with Crippen LogP contribution in [0.15, 0.2) is 6.07 Å². The largest absolute Gasteiger partial charge is 0.481 e. The average molecular weight is 348 g/mol. The number of anilines is 1. The molecule has 1 heterocycles. The van der Waals surface area contributed by atoms with Crippen molar-refractivity contribution in [2.24, 2.45) is 0 Å². The number of aromatic nitrogens is 2. The highest BCUT2D eigenvalue weighted by atomic mass is 32.1. The lowest BCUT2D eigenvalue weighted by Crippen LogP contribution is -2.37. The van der Waals surface area contributed by atoms with Gasteiger partial charge in [0.25, 0.3) is 0 Å². The molecule has 2 N–H and O–H groups in total. The second kappa shape index (κ2) is 7.76. The number of halogens is 3. The lowest BCUT2D eigenvalue weighted by Gasteiger charge is -2.19. The Hall–Kier alpha value is -1.64. The Kier molecular flexibility index (Phi) is 5.97. The molecule has 1 aromatic heterocycles. The molecular weight excluding hydrogens is 329 g/mol. The zero-order valence-corrected chi connectivity index (χ0v) is 13.6. The van der Waals surface area contributed by atoms with Gasteiger partial charge >= 0.3 is 6.18 Å². The van der Waals surface area contributed by atoms with Crippen molar-refractivity contribution < 1.29 is 17.9 Å². The highest BCUT2D eigenvalue weighted by Crippen LogP contribution is 2.30. The van der Waals surface area contributed by atoms with E-state index in [1.807, 2.05) is 0 Å². The van der Waals surface area contributed by atoms with Crippen LogP contribution in [0.25, 0.3) is 0 Å². The number of alkyl halides is 3. The maximum Gasteiger partial charge on any atom is 0.433 e. The second-order valence-corrected chi connectivity index (χ2v) is 5.81. The van der Waals surface area contributed by atoms with Crippen LogP contribution in [-0.2, 0) is 6.18 Å². The minimum Gasteiger partial charge on any atom is -0.481 e. The van der Waals surface area contributed by atoms with E-state index in [9.17, 15) is 13.2 Å². The van der Waals surface area contributed by atoms with E-state index in [0.29, 0.717) is 0 Å². The van der Waals surface area contributed by atoms with Gasteiger partial charge in [0.15, 0.2) is 10.8 Å². The average Bonchev–Trinajstić information content (AvgIpc) is 2.74. The summed E-state index contributed by atoms with van der Waals surface area (Å²) in [5.74, 6) is -0.408. The van der Waals surface area contributed by atoms with Crippen LogP contribution in [0.2, 0.25) is 0 Å². The van der Waals surface area contributed by atoms with Gasteiger partial charge in [0.05, 0.1) is 7.11 Å². The van der Waals surface area contributed by atoms with Crippen LogP contribution in [0.5, 0.6) is 5.88 Å². The van der Waals surface area contributed by atoms with Gasteiger partial charge in [0, 0.05) is 12.1 Å². The number of hydrogen-bond acceptors (Lipinski definition) is 4. The van der Waals surface area contributed by atoms with Gasteiger partial charge < -0.3 is 15.4 Å². The Morgan fingerprint density at radius 3 is 2.43 bits per heavy atom. The van der Waals surface area contributed by atoms with Crippen LogP contribution in [0.3, 0.4) is 0 Å². The fraction of sp³-hybridized carbons (Fsp3) is 0.643. The van der Waals surface area contributed by atoms with Gasteiger partial charge in [0.2, 0.25) is 11.8 Å². The first-order valence-electron chi connectivity index (χ1n) is 7.46. The van der Waals surface area contributed by atoms with E-state index in [2.05, 4.69) is 20.6 Å². The standard InChI is InChI=1S/C14H19F3N4OS/c1-22-11-8-10(14(15,16)17)19-12(20-11)21-13(23)18-9-6-4-2-3-5-7-9/h8-9H,2-7H2,1H3,(H2,18,19,20,21,23). The molecule has 0 bridgehead atoms. The third kappa shape index (κ3) is 5.49. The second-order valence-electron chi connectivity index (χ2n) is 5.40. The summed E-state index contributed by atoms with van der Waals surface area (Å²) < 4.78 is 43.2. The predicted octanol–water partition coefficient (Wildman–Crippen LogP) is 3.51. The summed E-state index contributed by atoms with van der Waals surface area (Å²) in [5, 5.41) is 5.96. The molecule has 0 saturated heterocycles. The molecule has 0 atom stereocenters. The zero-order chi connectivity index (χ0) is 16.9. The number of nitrogens with zero attached hydrogens (tertiary/aromatic N) is 2. The predicted molar refractivity (Wildman–Crippen MR) is 84.4 cm³/mol. The first-order chi connectivity index (χ1) is 10.9. The van der Waals surface area contributed by atoms with Crippen LogP contribution >= 0.6 is 12.2 Å². The smallest absolute Gasteiger partial charge is 0.433 e. The number of hydrogen-bond donors (Lipinski definition) is 2. The molecule has 0 unspecified atom stereocenters. The van der Waals surface area contributed by atoms with E-state index in [1.54, 1.807) is 0 Å². The fourth-order valence-electron chi connectivity index (χ4n) is 2.48. The number of nitrogens with one attached hydrogen (secondary N) is 2. The summed E-state index contributed by atoms with van der Waals surface area (Å²) in [4.78, 5) is 7.29. The molecule has 0 aromatic carbocycles. The van der Waals surface area contributed by atoms with E-state index < -0.39 is 11.9 Å². The van der Waals surface area contributed by atoms with Gasteiger partial charge in [-0.15, -0.1) is 0 Å². The molecular formula is C14H19F3N4OS. The SMILES string of the molecule is COc1cc(C(F)(F)F)nc(NC(=S)NC2CCCCCC2)n1. The number of thiocarbonyl (C=S) groups is 1. The van der Waals surface area contributed by atoms with Gasteiger partial charge in [-0.1, -0.05) is 25.7 Å². The molecule has 0 spiro atoms. The molecule has 1 aliphatic rings. The van der Waals surface area contributed by atoms with Crippen LogP contribution in [0.1, 0.15) is 44.2 Å². The highest BCUT2D eigenvalue weighted by molar-refractivity contribution is 7.80. The number of ether oxygens (including phenoxy) is 1. The zero-order valence-electron chi connectivity index (χ0n) is 12.7. The summed E-state index contributed by atoms with van der Waals surface area (Å²) in [5.41, 5.74) is -1.08. The molecule has 1 aliphatic carbocycles.